The van der Waals surface area contributed by atoms with Crippen LogP contribution in [0.25, 0.3) is 5.78 Å². The van der Waals surface area contributed by atoms with Gasteiger partial charge in [0.15, 0.2) is 0 Å². The number of anilines is 1. The van der Waals surface area contributed by atoms with Gasteiger partial charge in [0, 0.05) is 23.9 Å². The molecule has 0 atom stereocenters. The molecule has 0 spiro atoms. The maximum absolute atomic E-state index is 6.13. The first-order chi connectivity index (χ1) is 11.9. The zero-order chi connectivity index (χ0) is 18.0. The first-order valence-electron chi connectivity index (χ1n) is 8.58. The van der Waals surface area contributed by atoms with Crippen molar-refractivity contribution in [2.75, 3.05) is 5.32 Å². The Morgan fingerprint density at radius 3 is 2.72 bits per heavy atom. The smallest absolute Gasteiger partial charge is 0.254 e. The molecule has 0 saturated heterocycles. The minimum Gasteiger partial charge on any atom is -0.488 e. The average molecular weight is 339 g/mol. The molecule has 0 saturated carbocycles. The second kappa shape index (κ2) is 6.70. The third-order valence-electron chi connectivity index (χ3n) is 3.77. The van der Waals surface area contributed by atoms with Gasteiger partial charge in [0.25, 0.3) is 5.78 Å². The van der Waals surface area contributed by atoms with Crippen molar-refractivity contribution in [2.24, 2.45) is 0 Å². The third-order valence-corrected chi connectivity index (χ3v) is 3.77. The molecule has 0 aliphatic rings. The Balaban J connectivity index is 1.88. The van der Waals surface area contributed by atoms with Crippen molar-refractivity contribution in [3.8, 4) is 5.75 Å². The van der Waals surface area contributed by atoms with Gasteiger partial charge < -0.3 is 10.1 Å². The summed E-state index contributed by atoms with van der Waals surface area (Å²) < 4.78 is 7.85. The molecule has 0 aliphatic carbocycles. The lowest BCUT2D eigenvalue weighted by atomic mass is 10.1. The first kappa shape index (κ1) is 17.2. The number of aryl methyl sites for hydroxylation is 2. The molecule has 25 heavy (non-hydrogen) atoms. The van der Waals surface area contributed by atoms with E-state index in [1.807, 2.05) is 6.07 Å². The molecule has 0 unspecified atom stereocenters. The van der Waals surface area contributed by atoms with E-state index in [1.165, 1.54) is 11.9 Å². The lowest BCUT2D eigenvalue weighted by molar-refractivity contribution is 0.129. The molecule has 0 aliphatic heterocycles. The lowest BCUT2D eigenvalue weighted by Gasteiger charge is -2.24. The van der Waals surface area contributed by atoms with Crippen molar-refractivity contribution >= 4 is 11.6 Å². The normalized spacial score (nSPS) is 11.7. The molecule has 0 amide bonds. The Bertz CT molecular complexity index is 879. The molecule has 132 valence electrons. The van der Waals surface area contributed by atoms with E-state index in [4.69, 9.17) is 4.74 Å². The Morgan fingerprint density at radius 1 is 1.20 bits per heavy atom. The van der Waals surface area contributed by atoms with Crippen LogP contribution in [0.5, 0.6) is 5.75 Å². The fraction of sp³-hybridized carbons (Fsp3) is 0.421. The number of benzene rings is 1. The van der Waals surface area contributed by atoms with Crippen molar-refractivity contribution in [2.45, 2.75) is 53.2 Å². The van der Waals surface area contributed by atoms with Gasteiger partial charge in [-0.2, -0.15) is 14.6 Å². The summed E-state index contributed by atoms with van der Waals surface area (Å²) in [5.74, 6) is 2.39. The van der Waals surface area contributed by atoms with Crippen LogP contribution < -0.4 is 10.1 Å². The highest BCUT2D eigenvalue weighted by Gasteiger charge is 2.15. The Labute approximate surface area is 148 Å². The van der Waals surface area contributed by atoms with E-state index in [0.717, 1.165) is 29.2 Å². The molecule has 2 heterocycles. The van der Waals surface area contributed by atoms with E-state index in [2.05, 4.69) is 73.2 Å². The van der Waals surface area contributed by atoms with Crippen molar-refractivity contribution in [3.05, 3.63) is 47.4 Å². The quantitative estimate of drug-likeness (QED) is 0.766. The van der Waals surface area contributed by atoms with Crippen LogP contribution in [-0.2, 0) is 13.0 Å². The molecule has 3 rings (SSSR count). The second-order valence-corrected chi connectivity index (χ2v) is 7.14. The Kier molecular flexibility index (Phi) is 4.61. The molecule has 1 aromatic carbocycles. The Hall–Kier alpha value is -2.63. The molecule has 6 nitrogen and oxygen atoms in total. The maximum Gasteiger partial charge on any atom is 0.254 e. The number of hydrogen-bond acceptors (Lipinski definition) is 5. The van der Waals surface area contributed by atoms with Gasteiger partial charge in [0.05, 0.1) is 0 Å². The number of aromatic nitrogens is 4. The molecule has 0 radical (unpaired) electrons. The van der Waals surface area contributed by atoms with Crippen LogP contribution >= 0.6 is 0 Å². The van der Waals surface area contributed by atoms with Crippen molar-refractivity contribution in [1.29, 1.82) is 0 Å². The summed E-state index contributed by atoms with van der Waals surface area (Å²) in [6.45, 7) is 11.0. The van der Waals surface area contributed by atoms with Crippen LogP contribution in [0.1, 0.15) is 44.5 Å². The lowest BCUT2D eigenvalue weighted by Crippen LogP contribution is -2.24. The minimum atomic E-state index is -0.242. The summed E-state index contributed by atoms with van der Waals surface area (Å²) >= 11 is 0. The second-order valence-electron chi connectivity index (χ2n) is 7.14. The average Bonchev–Trinajstić information content (AvgIpc) is 3.00. The molecule has 0 bridgehead atoms. The van der Waals surface area contributed by atoms with Crippen molar-refractivity contribution in [3.63, 3.8) is 0 Å². The van der Waals surface area contributed by atoms with E-state index >= 15 is 0 Å². The molecule has 1 N–H and O–H groups in total. The maximum atomic E-state index is 6.13. The van der Waals surface area contributed by atoms with E-state index < -0.39 is 0 Å². The van der Waals surface area contributed by atoms with Crippen LogP contribution in [0.2, 0.25) is 0 Å². The summed E-state index contributed by atoms with van der Waals surface area (Å²) in [5, 5.41) is 7.70. The molecule has 0 fully saturated rings. The number of ether oxygens (including phenoxy) is 1. The summed E-state index contributed by atoms with van der Waals surface area (Å²) in [7, 11) is 0. The van der Waals surface area contributed by atoms with Crippen LogP contribution in [0.3, 0.4) is 0 Å². The first-order valence-corrected chi connectivity index (χ1v) is 8.58. The van der Waals surface area contributed by atoms with Gasteiger partial charge in [0.2, 0.25) is 0 Å². The van der Waals surface area contributed by atoms with E-state index in [9.17, 15) is 0 Å². The van der Waals surface area contributed by atoms with E-state index in [1.54, 1.807) is 4.52 Å². The van der Waals surface area contributed by atoms with Crippen molar-refractivity contribution in [1.82, 2.24) is 19.6 Å². The van der Waals surface area contributed by atoms with Gasteiger partial charge in [0.1, 0.15) is 23.5 Å². The number of hydrogen-bond donors (Lipinski definition) is 1. The minimum absolute atomic E-state index is 0.242. The number of nitrogens with one attached hydrogen (secondary N) is 1. The molecular formula is C19H25N5O. The van der Waals surface area contributed by atoms with Gasteiger partial charge in [-0.1, -0.05) is 19.1 Å². The zero-order valence-corrected chi connectivity index (χ0v) is 15.5. The van der Waals surface area contributed by atoms with Crippen LogP contribution in [0.15, 0.2) is 30.6 Å². The largest absolute Gasteiger partial charge is 0.488 e. The monoisotopic (exact) mass is 339 g/mol. The molecular weight excluding hydrogens is 314 g/mol. The van der Waals surface area contributed by atoms with Gasteiger partial charge in [-0.3, -0.25) is 0 Å². The van der Waals surface area contributed by atoms with Crippen molar-refractivity contribution < 1.29 is 4.74 Å². The number of fused-ring (bicyclic) bond motifs is 1. The van der Waals surface area contributed by atoms with E-state index in [0.29, 0.717) is 12.3 Å². The molecule has 3 aromatic rings. The highest BCUT2D eigenvalue weighted by atomic mass is 16.5. The Morgan fingerprint density at radius 2 is 2.00 bits per heavy atom. The predicted molar refractivity (Wildman–Crippen MR) is 99.0 cm³/mol. The summed E-state index contributed by atoms with van der Waals surface area (Å²) in [6, 6.07) is 8.29. The van der Waals surface area contributed by atoms with Crippen LogP contribution in [0, 0.1) is 6.92 Å². The fourth-order valence-corrected chi connectivity index (χ4v) is 2.59. The zero-order valence-electron chi connectivity index (χ0n) is 15.5. The van der Waals surface area contributed by atoms with Gasteiger partial charge in [-0.15, -0.1) is 0 Å². The summed E-state index contributed by atoms with van der Waals surface area (Å²) in [5.41, 5.74) is 3.02. The van der Waals surface area contributed by atoms with Gasteiger partial charge >= 0.3 is 0 Å². The van der Waals surface area contributed by atoms with Gasteiger partial charge in [-0.25, -0.2) is 4.98 Å². The topological polar surface area (TPSA) is 64.3 Å². The fourth-order valence-electron chi connectivity index (χ4n) is 2.59. The third kappa shape index (κ3) is 4.07. The van der Waals surface area contributed by atoms with Crippen LogP contribution in [0.4, 0.5) is 5.82 Å². The molecule has 2 aromatic heterocycles. The van der Waals surface area contributed by atoms with Gasteiger partial charge in [-0.05, 0) is 45.7 Å². The SMILES string of the molecule is CCc1cc(NCc2ccc(C)cc2OC(C)(C)C)n2ncnc2n1. The number of nitrogens with zero attached hydrogens (tertiary/aromatic N) is 4. The highest BCUT2D eigenvalue weighted by Crippen LogP contribution is 2.25. The van der Waals surface area contributed by atoms with E-state index in [-0.39, 0.29) is 5.60 Å². The summed E-state index contributed by atoms with van der Waals surface area (Å²) in [6.07, 6.45) is 2.37. The highest BCUT2D eigenvalue weighted by molar-refractivity contribution is 5.47. The molecule has 6 heteroatoms. The van der Waals surface area contributed by atoms with Crippen LogP contribution in [-0.4, -0.2) is 25.2 Å². The summed E-state index contributed by atoms with van der Waals surface area (Å²) in [4.78, 5) is 8.67. The number of rotatable bonds is 5. The predicted octanol–water partition coefficient (Wildman–Crippen LogP) is 3.78. The standard InChI is InChI=1S/C19H25N5O/c1-6-15-10-17(24-18(23-15)21-12-22-24)20-11-14-8-7-13(2)9-16(14)25-19(3,4)5/h7-10,12,20H,6,11H2,1-5H3.